The normalized spacial score (nSPS) is 10.2. The van der Waals surface area contributed by atoms with Crippen molar-refractivity contribution in [3.63, 3.8) is 0 Å². The summed E-state index contributed by atoms with van der Waals surface area (Å²) in [5.41, 5.74) is 1.13. The lowest BCUT2D eigenvalue weighted by Crippen LogP contribution is -2.04. The summed E-state index contributed by atoms with van der Waals surface area (Å²) in [6, 6.07) is 9.76. The van der Waals surface area contributed by atoms with E-state index in [1.165, 1.54) is 13.2 Å². The monoisotopic (exact) mass is 326 g/mol. The zero-order valence-corrected chi connectivity index (χ0v) is 12.6. The number of benzene rings is 2. The van der Waals surface area contributed by atoms with Crippen LogP contribution >= 0.6 is 23.2 Å². The van der Waals surface area contributed by atoms with E-state index in [1.807, 2.05) is 0 Å². The first-order valence-corrected chi connectivity index (χ1v) is 6.77. The van der Waals surface area contributed by atoms with E-state index in [9.17, 15) is 10.1 Å². The molecule has 0 aliphatic carbocycles. The molecule has 5 nitrogen and oxygen atoms in total. The van der Waals surface area contributed by atoms with Crippen molar-refractivity contribution in [1.82, 2.24) is 0 Å². The molecule has 0 spiro atoms. The number of methoxy groups -OCH3 is 1. The van der Waals surface area contributed by atoms with Crippen molar-refractivity contribution in [1.29, 1.82) is 0 Å². The lowest BCUT2D eigenvalue weighted by atomic mass is 10.1. The summed E-state index contributed by atoms with van der Waals surface area (Å²) in [6.45, 7) is 0.221. The highest BCUT2D eigenvalue weighted by Crippen LogP contribution is 2.30. The molecule has 2 aromatic rings. The molecule has 7 heteroatoms. The smallest absolute Gasteiger partial charge is 0.275 e. The molecule has 0 atom stereocenters. The van der Waals surface area contributed by atoms with E-state index in [0.29, 0.717) is 21.4 Å². The summed E-state index contributed by atoms with van der Waals surface area (Å²) in [4.78, 5) is 10.5. The number of anilines is 1. The Kier molecular flexibility index (Phi) is 4.88. The van der Waals surface area contributed by atoms with Crippen molar-refractivity contribution >= 4 is 34.6 Å². The first kappa shape index (κ1) is 15.4. The van der Waals surface area contributed by atoms with Gasteiger partial charge in [-0.25, -0.2) is 0 Å². The third-order valence-electron chi connectivity index (χ3n) is 2.91. The van der Waals surface area contributed by atoms with Crippen molar-refractivity contribution in [2.45, 2.75) is 6.54 Å². The van der Waals surface area contributed by atoms with E-state index in [4.69, 9.17) is 27.9 Å². The van der Waals surface area contributed by atoms with Crippen LogP contribution in [0.2, 0.25) is 10.0 Å². The number of nitrogens with one attached hydrogen (secondary N) is 1. The highest BCUT2D eigenvalue weighted by atomic mass is 35.5. The Morgan fingerprint density at radius 2 is 2.00 bits per heavy atom. The average Bonchev–Trinajstić information content (AvgIpc) is 2.45. The van der Waals surface area contributed by atoms with Gasteiger partial charge < -0.3 is 10.1 Å². The standard InChI is InChI=1S/C14H12Cl2N2O3/c1-21-14-6-5-9(7-12(14)16)17-8-10-11(15)3-2-4-13(10)18(19)20/h2-7,17H,8H2,1H3. The number of hydrogen-bond acceptors (Lipinski definition) is 4. The minimum absolute atomic E-state index is 0.0189. The van der Waals surface area contributed by atoms with E-state index < -0.39 is 4.92 Å². The van der Waals surface area contributed by atoms with Crippen molar-refractivity contribution in [2.75, 3.05) is 12.4 Å². The first-order chi connectivity index (χ1) is 10.0. The fraction of sp³-hybridized carbons (Fsp3) is 0.143. The van der Waals surface area contributed by atoms with Gasteiger partial charge in [0.15, 0.2) is 0 Å². The van der Waals surface area contributed by atoms with Gasteiger partial charge in [0.05, 0.1) is 27.6 Å². The van der Waals surface area contributed by atoms with Gasteiger partial charge in [0, 0.05) is 18.3 Å². The van der Waals surface area contributed by atoms with Crippen LogP contribution in [0, 0.1) is 10.1 Å². The van der Waals surface area contributed by atoms with Crippen LogP contribution in [0.4, 0.5) is 11.4 Å². The minimum atomic E-state index is -0.454. The number of halogens is 2. The molecule has 110 valence electrons. The summed E-state index contributed by atoms with van der Waals surface area (Å²) in [5, 5.41) is 14.9. The molecular formula is C14H12Cl2N2O3. The van der Waals surface area contributed by atoms with Gasteiger partial charge in [0.1, 0.15) is 5.75 Å². The van der Waals surface area contributed by atoms with Crippen molar-refractivity contribution < 1.29 is 9.66 Å². The van der Waals surface area contributed by atoms with E-state index in [-0.39, 0.29) is 12.2 Å². The van der Waals surface area contributed by atoms with Gasteiger partial charge in [-0.2, -0.15) is 0 Å². The van der Waals surface area contributed by atoms with Crippen molar-refractivity contribution in [3.8, 4) is 5.75 Å². The van der Waals surface area contributed by atoms with Crippen LogP contribution in [0.15, 0.2) is 36.4 Å². The van der Waals surface area contributed by atoms with Crippen LogP contribution in [0.5, 0.6) is 5.75 Å². The molecule has 0 aromatic heterocycles. The van der Waals surface area contributed by atoms with Gasteiger partial charge in [-0.1, -0.05) is 29.3 Å². The van der Waals surface area contributed by atoms with Gasteiger partial charge in [-0.05, 0) is 24.3 Å². The van der Waals surface area contributed by atoms with Crippen molar-refractivity contribution in [3.05, 3.63) is 62.1 Å². The van der Waals surface area contributed by atoms with Gasteiger partial charge >= 0.3 is 0 Å². The van der Waals surface area contributed by atoms with Crippen molar-refractivity contribution in [2.24, 2.45) is 0 Å². The van der Waals surface area contributed by atoms with Crippen LogP contribution in [0.25, 0.3) is 0 Å². The second-order valence-corrected chi connectivity index (χ2v) is 5.01. The predicted molar refractivity (Wildman–Crippen MR) is 83.4 cm³/mol. The van der Waals surface area contributed by atoms with Crippen LogP contribution in [-0.4, -0.2) is 12.0 Å². The molecule has 0 heterocycles. The topological polar surface area (TPSA) is 64.4 Å². The Bertz CT molecular complexity index is 677. The lowest BCUT2D eigenvalue weighted by Gasteiger charge is -2.10. The number of rotatable bonds is 5. The molecule has 0 aliphatic heterocycles. The molecule has 2 aromatic carbocycles. The minimum Gasteiger partial charge on any atom is -0.495 e. The van der Waals surface area contributed by atoms with Gasteiger partial charge in [-0.3, -0.25) is 10.1 Å². The highest BCUT2D eigenvalue weighted by molar-refractivity contribution is 6.32. The van der Waals surface area contributed by atoms with Crippen LogP contribution in [0.3, 0.4) is 0 Å². The second-order valence-electron chi connectivity index (χ2n) is 4.20. The Labute approximate surface area is 131 Å². The lowest BCUT2D eigenvalue weighted by molar-refractivity contribution is -0.385. The number of nitro groups is 1. The third-order valence-corrected chi connectivity index (χ3v) is 3.56. The van der Waals surface area contributed by atoms with Gasteiger partial charge in [0.25, 0.3) is 5.69 Å². The Hall–Kier alpha value is -1.98. The molecule has 0 saturated heterocycles. The number of nitro benzene ring substituents is 1. The molecular weight excluding hydrogens is 315 g/mol. The quantitative estimate of drug-likeness (QED) is 0.648. The first-order valence-electron chi connectivity index (χ1n) is 6.02. The van der Waals surface area contributed by atoms with E-state index in [1.54, 1.807) is 30.3 Å². The van der Waals surface area contributed by atoms with Crippen LogP contribution < -0.4 is 10.1 Å². The largest absolute Gasteiger partial charge is 0.495 e. The average molecular weight is 327 g/mol. The fourth-order valence-electron chi connectivity index (χ4n) is 1.86. The predicted octanol–water partition coefficient (Wildman–Crippen LogP) is 4.52. The maximum absolute atomic E-state index is 11.0. The van der Waals surface area contributed by atoms with Crippen LogP contribution in [-0.2, 0) is 6.54 Å². The maximum Gasteiger partial charge on any atom is 0.275 e. The summed E-state index contributed by atoms with van der Waals surface area (Å²) >= 11 is 12.1. The molecule has 0 bridgehead atoms. The number of ether oxygens (including phenoxy) is 1. The summed E-state index contributed by atoms with van der Waals surface area (Å²) in [7, 11) is 1.53. The van der Waals surface area contributed by atoms with E-state index >= 15 is 0 Å². The third kappa shape index (κ3) is 3.56. The molecule has 21 heavy (non-hydrogen) atoms. The summed E-state index contributed by atoms with van der Waals surface area (Å²) < 4.78 is 5.06. The molecule has 0 radical (unpaired) electrons. The molecule has 2 rings (SSSR count). The number of hydrogen-bond donors (Lipinski definition) is 1. The Morgan fingerprint density at radius 3 is 2.62 bits per heavy atom. The Balaban J connectivity index is 2.20. The fourth-order valence-corrected chi connectivity index (χ4v) is 2.35. The zero-order valence-electron chi connectivity index (χ0n) is 11.1. The molecule has 0 amide bonds. The molecule has 0 fully saturated rings. The summed E-state index contributed by atoms with van der Waals surface area (Å²) in [6.07, 6.45) is 0. The summed E-state index contributed by atoms with van der Waals surface area (Å²) in [5.74, 6) is 0.561. The van der Waals surface area contributed by atoms with Gasteiger partial charge in [-0.15, -0.1) is 0 Å². The highest BCUT2D eigenvalue weighted by Gasteiger charge is 2.16. The molecule has 0 saturated carbocycles. The second kappa shape index (κ2) is 6.65. The Morgan fingerprint density at radius 1 is 1.24 bits per heavy atom. The van der Waals surface area contributed by atoms with E-state index in [2.05, 4.69) is 5.32 Å². The van der Waals surface area contributed by atoms with E-state index in [0.717, 1.165) is 5.69 Å². The molecule has 0 aliphatic rings. The maximum atomic E-state index is 11.0. The molecule has 1 N–H and O–H groups in total. The van der Waals surface area contributed by atoms with Crippen LogP contribution in [0.1, 0.15) is 5.56 Å². The zero-order chi connectivity index (χ0) is 15.4. The van der Waals surface area contributed by atoms with Gasteiger partial charge in [0.2, 0.25) is 0 Å². The SMILES string of the molecule is COc1ccc(NCc2c(Cl)cccc2[N+](=O)[O-])cc1Cl. The number of nitrogens with zero attached hydrogens (tertiary/aromatic N) is 1. The molecule has 0 unspecified atom stereocenters.